The number of ether oxygens (including phenoxy) is 2. The van der Waals surface area contributed by atoms with Gasteiger partial charge in [-0.1, -0.05) is 12.1 Å². The molecule has 0 radical (unpaired) electrons. The second-order valence-electron chi connectivity index (χ2n) is 9.67. The summed E-state index contributed by atoms with van der Waals surface area (Å²) >= 11 is 0. The van der Waals surface area contributed by atoms with Crippen LogP contribution in [0.4, 0.5) is 10.5 Å². The molecule has 2 N–H and O–H groups in total. The zero-order valence-electron chi connectivity index (χ0n) is 21.4. The number of nitrogens with zero attached hydrogens (tertiary/aromatic N) is 5. The predicted octanol–water partition coefficient (Wildman–Crippen LogP) is 4.89. The Bertz CT molecular complexity index is 1450. The Labute approximate surface area is 220 Å². The first kappa shape index (κ1) is 25.3. The van der Waals surface area contributed by atoms with Crippen molar-refractivity contribution in [3.63, 3.8) is 0 Å². The van der Waals surface area contributed by atoms with E-state index in [2.05, 4.69) is 26.2 Å². The molecule has 1 amide bonds. The maximum Gasteiger partial charge on any atom is 0.411 e. The molecule has 0 saturated heterocycles. The van der Waals surface area contributed by atoms with Gasteiger partial charge in [-0.05, 0) is 69.0 Å². The van der Waals surface area contributed by atoms with Gasteiger partial charge in [-0.3, -0.25) is 5.32 Å². The minimum atomic E-state index is -0.784. The van der Waals surface area contributed by atoms with Gasteiger partial charge in [0.2, 0.25) is 0 Å². The number of anilines is 1. The van der Waals surface area contributed by atoms with Gasteiger partial charge in [0.1, 0.15) is 24.5 Å². The van der Waals surface area contributed by atoms with Crippen LogP contribution in [0.25, 0.3) is 22.2 Å². The number of nitrogens with one attached hydrogen (secondary N) is 1. The summed E-state index contributed by atoms with van der Waals surface area (Å²) < 4.78 is 13.3. The smallest absolute Gasteiger partial charge is 0.411 e. The van der Waals surface area contributed by atoms with Crippen molar-refractivity contribution in [2.24, 2.45) is 0 Å². The lowest BCUT2D eigenvalue weighted by molar-refractivity contribution is 0.0855. The number of nitriles is 1. The van der Waals surface area contributed by atoms with Crippen LogP contribution in [0.3, 0.4) is 0 Å². The SMILES string of the molecule is CC(C)OC(=O)Nc1ccc(-c2c(C#N)c3cc(OCC(O)Cn4nccn4)ccc3n2C2CCC2)cc1. The van der Waals surface area contributed by atoms with Crippen LogP contribution in [-0.2, 0) is 11.3 Å². The van der Waals surface area contributed by atoms with E-state index in [0.717, 1.165) is 41.4 Å². The third kappa shape index (κ3) is 5.33. The first-order valence-electron chi connectivity index (χ1n) is 12.7. The van der Waals surface area contributed by atoms with Crippen molar-refractivity contribution in [2.75, 3.05) is 11.9 Å². The van der Waals surface area contributed by atoms with E-state index in [-0.39, 0.29) is 19.3 Å². The summed E-state index contributed by atoms with van der Waals surface area (Å²) in [6, 6.07) is 15.9. The molecule has 1 atom stereocenters. The third-order valence-electron chi connectivity index (χ3n) is 6.56. The van der Waals surface area contributed by atoms with Crippen LogP contribution in [-0.4, -0.2) is 49.6 Å². The Morgan fingerprint density at radius 3 is 2.55 bits per heavy atom. The van der Waals surface area contributed by atoms with Crippen molar-refractivity contribution in [1.29, 1.82) is 5.26 Å². The van der Waals surface area contributed by atoms with Crippen molar-refractivity contribution in [2.45, 2.75) is 57.9 Å². The highest BCUT2D eigenvalue weighted by atomic mass is 16.6. The number of aliphatic hydroxyl groups is 1. The summed E-state index contributed by atoms with van der Waals surface area (Å²) in [7, 11) is 0. The summed E-state index contributed by atoms with van der Waals surface area (Å²) in [6.07, 6.45) is 4.86. The number of carbonyl (C=O) groups is 1. The number of benzene rings is 2. The van der Waals surface area contributed by atoms with Crippen molar-refractivity contribution in [3.05, 3.63) is 60.4 Å². The maximum atomic E-state index is 12.0. The fourth-order valence-electron chi connectivity index (χ4n) is 4.65. The van der Waals surface area contributed by atoms with E-state index in [1.165, 1.54) is 4.80 Å². The highest BCUT2D eigenvalue weighted by Crippen LogP contribution is 2.43. The Morgan fingerprint density at radius 2 is 1.92 bits per heavy atom. The van der Waals surface area contributed by atoms with Crippen LogP contribution in [0.5, 0.6) is 5.75 Å². The van der Waals surface area contributed by atoms with Gasteiger partial charge in [0.15, 0.2) is 0 Å². The van der Waals surface area contributed by atoms with E-state index in [1.54, 1.807) is 26.2 Å². The average molecular weight is 515 g/mol. The molecule has 5 rings (SSSR count). The predicted molar refractivity (Wildman–Crippen MR) is 142 cm³/mol. The van der Waals surface area contributed by atoms with Crippen LogP contribution in [0.15, 0.2) is 54.9 Å². The second-order valence-corrected chi connectivity index (χ2v) is 9.67. The molecule has 38 heavy (non-hydrogen) atoms. The van der Waals surface area contributed by atoms with E-state index in [4.69, 9.17) is 9.47 Å². The minimum absolute atomic E-state index is 0.0683. The summed E-state index contributed by atoms with van der Waals surface area (Å²) in [5.74, 6) is 0.571. The maximum absolute atomic E-state index is 12.0. The summed E-state index contributed by atoms with van der Waals surface area (Å²) in [4.78, 5) is 13.4. The normalized spacial score (nSPS) is 14.2. The van der Waals surface area contributed by atoms with E-state index in [9.17, 15) is 15.2 Å². The van der Waals surface area contributed by atoms with E-state index in [0.29, 0.717) is 23.0 Å². The van der Waals surface area contributed by atoms with Gasteiger partial charge >= 0.3 is 6.09 Å². The molecular weight excluding hydrogens is 484 g/mol. The number of rotatable bonds is 9. The van der Waals surface area contributed by atoms with Crippen molar-refractivity contribution < 1.29 is 19.4 Å². The number of carbonyl (C=O) groups excluding carboxylic acids is 1. The van der Waals surface area contributed by atoms with Crippen LogP contribution in [0.1, 0.15) is 44.7 Å². The molecule has 2 heterocycles. The summed E-state index contributed by atoms with van der Waals surface area (Å²) in [5, 5.41) is 32.1. The number of aromatic nitrogens is 4. The third-order valence-corrected chi connectivity index (χ3v) is 6.56. The van der Waals surface area contributed by atoms with Crippen molar-refractivity contribution in [3.8, 4) is 23.1 Å². The molecular formula is C28H30N6O4. The Hall–Kier alpha value is -4.36. The Balaban J connectivity index is 1.43. The fourth-order valence-corrected chi connectivity index (χ4v) is 4.65. The standard InChI is InChI=1S/C28H30N6O4/c1-18(2)38-28(36)32-20-8-6-19(7-9-20)27-25(15-29)24-14-23(10-11-26(24)34(27)21-4-3-5-21)37-17-22(35)16-33-30-12-13-31-33/h6-14,18,21-22,35H,3-5,16-17H2,1-2H3,(H,32,36). The highest BCUT2D eigenvalue weighted by Gasteiger charge is 2.28. The van der Waals surface area contributed by atoms with Gasteiger partial charge in [-0.2, -0.15) is 20.3 Å². The first-order valence-corrected chi connectivity index (χ1v) is 12.7. The van der Waals surface area contributed by atoms with E-state index in [1.807, 2.05) is 42.5 Å². The second kappa shape index (κ2) is 10.9. The molecule has 1 aliphatic carbocycles. The average Bonchev–Trinajstić information content (AvgIpc) is 3.47. The lowest BCUT2D eigenvalue weighted by atomic mass is 9.92. The van der Waals surface area contributed by atoms with E-state index < -0.39 is 12.2 Å². The molecule has 10 nitrogen and oxygen atoms in total. The molecule has 1 unspecified atom stereocenters. The molecule has 1 aliphatic rings. The van der Waals surface area contributed by atoms with Gasteiger partial charge < -0.3 is 19.1 Å². The summed E-state index contributed by atoms with van der Waals surface area (Å²) in [6.45, 7) is 3.88. The van der Waals surface area contributed by atoms with Crippen molar-refractivity contribution >= 4 is 22.7 Å². The largest absolute Gasteiger partial charge is 0.491 e. The van der Waals surface area contributed by atoms with Gasteiger partial charge in [0.25, 0.3) is 0 Å². The van der Waals surface area contributed by atoms with Crippen LogP contribution in [0, 0.1) is 11.3 Å². The Kier molecular flexibility index (Phi) is 7.29. The topological polar surface area (TPSA) is 127 Å². The zero-order chi connectivity index (χ0) is 26.6. The van der Waals surface area contributed by atoms with E-state index >= 15 is 0 Å². The lowest BCUT2D eigenvalue weighted by Gasteiger charge is -2.30. The van der Waals surface area contributed by atoms with Crippen LogP contribution >= 0.6 is 0 Å². The number of aliphatic hydroxyl groups excluding tert-OH is 1. The molecule has 1 saturated carbocycles. The highest BCUT2D eigenvalue weighted by molar-refractivity contribution is 5.96. The monoisotopic (exact) mass is 514 g/mol. The Morgan fingerprint density at radius 1 is 1.18 bits per heavy atom. The quantitative estimate of drug-likeness (QED) is 0.325. The minimum Gasteiger partial charge on any atom is -0.491 e. The van der Waals surface area contributed by atoms with Gasteiger partial charge in [-0.15, -0.1) is 0 Å². The molecule has 196 valence electrons. The first-order chi connectivity index (χ1) is 18.4. The van der Waals surface area contributed by atoms with Gasteiger partial charge in [0.05, 0.1) is 41.8 Å². The van der Waals surface area contributed by atoms with Crippen molar-refractivity contribution in [1.82, 2.24) is 19.6 Å². The molecule has 0 aliphatic heterocycles. The van der Waals surface area contributed by atoms with Gasteiger partial charge in [-0.25, -0.2) is 4.79 Å². The zero-order valence-corrected chi connectivity index (χ0v) is 21.4. The van der Waals surface area contributed by atoms with Crippen LogP contribution < -0.4 is 10.1 Å². The number of fused-ring (bicyclic) bond motifs is 1. The molecule has 2 aromatic carbocycles. The molecule has 10 heteroatoms. The molecule has 0 spiro atoms. The summed E-state index contributed by atoms with van der Waals surface area (Å²) in [5.41, 5.74) is 3.89. The number of amides is 1. The van der Waals surface area contributed by atoms with Crippen LogP contribution in [0.2, 0.25) is 0 Å². The van der Waals surface area contributed by atoms with Gasteiger partial charge in [0, 0.05) is 17.1 Å². The number of hydrogen-bond acceptors (Lipinski definition) is 7. The number of hydrogen-bond donors (Lipinski definition) is 2. The molecule has 4 aromatic rings. The molecule has 1 fully saturated rings. The lowest BCUT2D eigenvalue weighted by Crippen LogP contribution is -2.24. The fraction of sp³-hybridized carbons (Fsp3) is 0.357. The molecule has 2 aromatic heterocycles. The molecule has 0 bridgehead atoms.